The summed E-state index contributed by atoms with van der Waals surface area (Å²) in [5.74, 6) is 4.86. The zero-order chi connectivity index (χ0) is 11.1. The minimum atomic E-state index is 0.969. The van der Waals surface area contributed by atoms with Gasteiger partial charge in [-0.1, -0.05) is 32.1 Å². The second-order valence-electron chi connectivity index (χ2n) is 7.86. The van der Waals surface area contributed by atoms with Gasteiger partial charge in [0.15, 0.2) is 0 Å². The highest BCUT2D eigenvalue weighted by atomic mass is 15.0. The summed E-state index contributed by atoms with van der Waals surface area (Å²) in [6, 6.07) is 0. The van der Waals surface area contributed by atoms with Crippen LogP contribution in [0.15, 0.2) is 0 Å². The van der Waals surface area contributed by atoms with E-state index >= 15 is 0 Å². The predicted molar refractivity (Wildman–Crippen MR) is 69.6 cm³/mol. The molecule has 5 saturated carbocycles. The van der Waals surface area contributed by atoms with Crippen molar-refractivity contribution in [3.8, 4) is 0 Å². The van der Waals surface area contributed by atoms with E-state index in [1.54, 1.807) is 70.6 Å². The fourth-order valence-electron chi connectivity index (χ4n) is 7.83. The molecule has 0 spiro atoms. The van der Waals surface area contributed by atoms with Gasteiger partial charge in [0.05, 0.1) is 0 Å². The Morgan fingerprint density at radius 1 is 0.471 bits per heavy atom. The Balaban J connectivity index is 1.50. The van der Waals surface area contributed by atoms with Crippen LogP contribution in [0.3, 0.4) is 0 Å². The molecule has 0 amide bonds. The Hall–Kier alpha value is 0. The Kier molecular flexibility index (Phi) is 1.71. The summed E-state index contributed by atoms with van der Waals surface area (Å²) in [7, 11) is 0. The van der Waals surface area contributed by atoms with E-state index in [0.29, 0.717) is 0 Å². The van der Waals surface area contributed by atoms with Crippen LogP contribution in [-0.4, -0.2) is 0 Å². The summed E-state index contributed by atoms with van der Waals surface area (Å²) >= 11 is 0. The second-order valence-corrected chi connectivity index (χ2v) is 7.86. The highest BCUT2D eigenvalue weighted by molar-refractivity contribution is 5.45. The van der Waals surface area contributed by atoms with Crippen molar-refractivity contribution >= 4 is 0 Å². The predicted octanol–water partition coefficient (Wildman–Crippen LogP) is 4.78. The first-order valence-electron chi connectivity index (χ1n) is 8.43. The minimum Gasteiger partial charge on any atom is -0.0530 e. The molecule has 5 fully saturated rings. The van der Waals surface area contributed by atoms with E-state index in [2.05, 4.69) is 0 Å². The van der Waals surface area contributed by atoms with Crippen LogP contribution in [-0.2, 0) is 0 Å². The van der Waals surface area contributed by atoms with Crippen molar-refractivity contribution in [3.05, 3.63) is 0 Å². The van der Waals surface area contributed by atoms with E-state index < -0.39 is 0 Å². The standard InChI is InChI=1S/C17H26/c1-2-7-12(6-1)16-14-10-5-11-15(16)17(14,16)13-8-3-4-9-13/h12-15H,1-11H2. The van der Waals surface area contributed by atoms with Crippen LogP contribution in [0.1, 0.15) is 70.6 Å². The molecule has 0 atom stereocenters. The first-order chi connectivity index (χ1) is 8.43. The Labute approximate surface area is 106 Å². The number of hydrogen-bond donors (Lipinski definition) is 0. The van der Waals surface area contributed by atoms with Gasteiger partial charge in [-0.3, -0.25) is 0 Å². The summed E-state index contributed by atoms with van der Waals surface area (Å²) in [6.07, 6.45) is 17.5. The fraction of sp³-hybridized carbons (Fsp3) is 1.00. The summed E-state index contributed by atoms with van der Waals surface area (Å²) in [6.45, 7) is 0. The summed E-state index contributed by atoms with van der Waals surface area (Å²) in [5, 5.41) is 0. The van der Waals surface area contributed by atoms with Crippen molar-refractivity contribution in [2.24, 2.45) is 34.5 Å². The molecular weight excluding hydrogens is 204 g/mol. The zero-order valence-electron chi connectivity index (χ0n) is 11.1. The lowest BCUT2D eigenvalue weighted by Crippen LogP contribution is -2.25. The molecule has 5 rings (SSSR count). The Bertz CT molecular complexity index is 301. The third kappa shape index (κ3) is 0.843. The van der Waals surface area contributed by atoms with Crippen LogP contribution in [0.4, 0.5) is 0 Å². The molecule has 0 saturated heterocycles. The lowest BCUT2D eigenvalue weighted by molar-refractivity contribution is 0.162. The summed E-state index contributed by atoms with van der Waals surface area (Å²) < 4.78 is 0. The molecule has 94 valence electrons. The zero-order valence-corrected chi connectivity index (χ0v) is 11.1. The van der Waals surface area contributed by atoms with E-state index in [9.17, 15) is 0 Å². The van der Waals surface area contributed by atoms with Crippen molar-refractivity contribution in [1.29, 1.82) is 0 Å². The molecule has 0 aliphatic heterocycles. The van der Waals surface area contributed by atoms with Gasteiger partial charge in [-0.15, -0.1) is 0 Å². The Morgan fingerprint density at radius 3 is 1.29 bits per heavy atom. The molecule has 0 aromatic rings. The van der Waals surface area contributed by atoms with Gasteiger partial charge in [0, 0.05) is 0 Å². The third-order valence-corrected chi connectivity index (χ3v) is 7.94. The first-order valence-corrected chi connectivity index (χ1v) is 8.43. The maximum Gasteiger partial charge on any atom is -0.0136 e. The molecule has 5 aliphatic rings. The van der Waals surface area contributed by atoms with Gasteiger partial charge < -0.3 is 0 Å². The molecule has 0 unspecified atom stereocenters. The normalized spacial score (nSPS) is 57.2. The topological polar surface area (TPSA) is 0 Å². The molecule has 0 radical (unpaired) electrons. The first kappa shape index (κ1) is 9.87. The van der Waals surface area contributed by atoms with Gasteiger partial charge >= 0.3 is 0 Å². The van der Waals surface area contributed by atoms with E-state index in [4.69, 9.17) is 0 Å². The molecule has 0 N–H and O–H groups in total. The van der Waals surface area contributed by atoms with Gasteiger partial charge in [-0.25, -0.2) is 0 Å². The number of hydrogen-bond acceptors (Lipinski definition) is 0. The van der Waals surface area contributed by atoms with E-state index in [1.165, 1.54) is 23.7 Å². The molecule has 0 bridgehead atoms. The third-order valence-electron chi connectivity index (χ3n) is 7.94. The van der Waals surface area contributed by atoms with Crippen LogP contribution in [0.2, 0.25) is 0 Å². The molecule has 0 aromatic carbocycles. The molecule has 0 heterocycles. The van der Waals surface area contributed by atoms with Crippen LogP contribution < -0.4 is 0 Å². The van der Waals surface area contributed by atoms with E-state index in [1.807, 2.05) is 0 Å². The highest BCUT2D eigenvalue weighted by Gasteiger charge is 2.99. The van der Waals surface area contributed by atoms with Crippen molar-refractivity contribution < 1.29 is 0 Å². The van der Waals surface area contributed by atoms with Crippen molar-refractivity contribution in [2.45, 2.75) is 70.6 Å². The molecule has 0 heteroatoms. The maximum atomic E-state index is 1.63. The average molecular weight is 230 g/mol. The maximum absolute atomic E-state index is 1.63. The smallest absolute Gasteiger partial charge is 0.0136 e. The van der Waals surface area contributed by atoms with Gasteiger partial charge in [0.25, 0.3) is 0 Å². The summed E-state index contributed by atoms with van der Waals surface area (Å²) in [5.41, 5.74) is 1.94. The molecular formula is C17H26. The average Bonchev–Trinajstić information content (AvgIpc) is 2.96. The molecule has 0 aromatic heterocycles. The lowest BCUT2D eigenvalue weighted by atomic mass is 9.72. The van der Waals surface area contributed by atoms with Gasteiger partial charge in [-0.2, -0.15) is 0 Å². The van der Waals surface area contributed by atoms with Crippen molar-refractivity contribution in [2.75, 3.05) is 0 Å². The molecule has 5 aliphatic carbocycles. The second kappa shape index (κ2) is 2.94. The molecule has 0 nitrogen and oxygen atoms in total. The quantitative estimate of drug-likeness (QED) is 0.640. The number of fused-ring (bicyclic) bond motifs is 2. The Morgan fingerprint density at radius 2 is 0.882 bits per heavy atom. The lowest BCUT2D eigenvalue weighted by Gasteiger charge is -2.32. The van der Waals surface area contributed by atoms with E-state index in [-0.39, 0.29) is 0 Å². The summed E-state index contributed by atoms with van der Waals surface area (Å²) in [4.78, 5) is 0. The van der Waals surface area contributed by atoms with Gasteiger partial charge in [-0.05, 0) is 73.0 Å². The minimum absolute atomic E-state index is 0.969. The van der Waals surface area contributed by atoms with Gasteiger partial charge in [0.1, 0.15) is 0 Å². The largest absolute Gasteiger partial charge is 0.0530 e. The van der Waals surface area contributed by atoms with Crippen LogP contribution in [0, 0.1) is 34.5 Å². The fourth-order valence-corrected chi connectivity index (χ4v) is 7.83. The molecule has 17 heavy (non-hydrogen) atoms. The van der Waals surface area contributed by atoms with Crippen LogP contribution in [0.5, 0.6) is 0 Å². The monoisotopic (exact) mass is 230 g/mol. The van der Waals surface area contributed by atoms with Gasteiger partial charge in [0.2, 0.25) is 0 Å². The van der Waals surface area contributed by atoms with E-state index in [0.717, 1.165) is 10.8 Å². The van der Waals surface area contributed by atoms with Crippen LogP contribution >= 0.6 is 0 Å². The van der Waals surface area contributed by atoms with Crippen molar-refractivity contribution in [3.63, 3.8) is 0 Å². The SMILES string of the molecule is C1CCC(C23C4CCCC2C43C2CCCC2)C1. The van der Waals surface area contributed by atoms with Crippen LogP contribution in [0.25, 0.3) is 0 Å². The highest BCUT2D eigenvalue weighted by Crippen LogP contribution is 3.03. The van der Waals surface area contributed by atoms with Crippen molar-refractivity contribution in [1.82, 2.24) is 0 Å². The number of rotatable bonds is 2.